The third kappa shape index (κ3) is 5.88. The van der Waals surface area contributed by atoms with Crippen molar-refractivity contribution in [2.45, 2.75) is 30.7 Å². The number of alkyl halides is 1. The number of hydrogen-bond donors (Lipinski definition) is 2. The van der Waals surface area contributed by atoms with E-state index in [0.717, 1.165) is 41.2 Å². The van der Waals surface area contributed by atoms with Crippen molar-refractivity contribution in [2.24, 2.45) is 4.99 Å². The van der Waals surface area contributed by atoms with Gasteiger partial charge >= 0.3 is 6.09 Å². The fraction of sp³-hybridized carbons (Fsp3) is 0.333. The van der Waals surface area contributed by atoms with Crippen molar-refractivity contribution < 1.29 is 19.0 Å². The van der Waals surface area contributed by atoms with Gasteiger partial charge < -0.3 is 19.2 Å². The van der Waals surface area contributed by atoms with E-state index in [1.807, 2.05) is 23.2 Å². The molecule has 1 amide bonds. The number of aromatic nitrogens is 1. The molecule has 2 aromatic carbocycles. The van der Waals surface area contributed by atoms with Crippen LogP contribution in [0.4, 0.5) is 4.79 Å². The molecular formula is C30H31Cl2N5O4. The smallest absolute Gasteiger partial charge is 0.416 e. The highest BCUT2D eigenvalue weighted by Gasteiger charge is 2.36. The predicted octanol–water partition coefficient (Wildman–Crippen LogP) is 3.97. The summed E-state index contributed by atoms with van der Waals surface area (Å²) in [5.41, 5.74) is 6.15. The van der Waals surface area contributed by atoms with E-state index in [-0.39, 0.29) is 5.38 Å². The molecule has 214 valence electrons. The third-order valence-corrected chi connectivity index (χ3v) is 7.99. The lowest BCUT2D eigenvalue weighted by atomic mass is 9.92. The molecule has 3 aliphatic rings. The molecule has 2 aliphatic heterocycles. The number of nitrogens with one attached hydrogen (secondary N) is 2. The van der Waals surface area contributed by atoms with Crippen LogP contribution in [0.15, 0.2) is 47.5 Å². The minimum atomic E-state index is -0.447. The number of aliphatic imine (C=N–C) groups is 1. The number of hydrazine groups is 1. The lowest BCUT2D eigenvalue weighted by Crippen LogP contribution is -2.43. The average molecular weight is 597 g/mol. The number of halogens is 2. The van der Waals surface area contributed by atoms with Gasteiger partial charge in [-0.05, 0) is 60.4 Å². The van der Waals surface area contributed by atoms with Crippen molar-refractivity contribution >= 4 is 47.8 Å². The number of carbonyl (C=O) groups is 1. The molecule has 2 N–H and O–H groups in total. The Hall–Kier alpha value is -3.66. The van der Waals surface area contributed by atoms with Crippen LogP contribution in [0, 0.1) is 0 Å². The van der Waals surface area contributed by atoms with Crippen LogP contribution in [-0.4, -0.2) is 66.2 Å². The van der Waals surface area contributed by atoms with E-state index in [1.165, 1.54) is 5.56 Å². The second kappa shape index (κ2) is 12.1. The maximum Gasteiger partial charge on any atom is 0.416 e. The number of benzene rings is 2. The van der Waals surface area contributed by atoms with Crippen molar-refractivity contribution in [1.82, 2.24) is 20.3 Å². The Balaban J connectivity index is 1.33. The van der Waals surface area contributed by atoms with Gasteiger partial charge in [0.15, 0.2) is 11.5 Å². The van der Waals surface area contributed by atoms with Crippen LogP contribution in [0.3, 0.4) is 0 Å². The number of rotatable bonds is 8. The van der Waals surface area contributed by atoms with Gasteiger partial charge in [0.1, 0.15) is 24.8 Å². The molecule has 0 fully saturated rings. The second-order valence-corrected chi connectivity index (χ2v) is 11.1. The minimum Gasteiger partial charge on any atom is -0.493 e. The zero-order valence-corrected chi connectivity index (χ0v) is 24.1. The van der Waals surface area contributed by atoms with Crippen LogP contribution < -0.4 is 30.2 Å². The van der Waals surface area contributed by atoms with Gasteiger partial charge in [0, 0.05) is 40.8 Å². The van der Waals surface area contributed by atoms with Gasteiger partial charge in [-0.15, -0.1) is 11.6 Å². The van der Waals surface area contributed by atoms with E-state index < -0.39 is 12.1 Å². The quantitative estimate of drug-likeness (QED) is 0.302. The number of nitrogens with zero attached hydrogens (tertiary/aromatic N) is 3. The summed E-state index contributed by atoms with van der Waals surface area (Å²) >= 11 is 12.5. The molecule has 11 heteroatoms. The minimum absolute atomic E-state index is 0.0585. The van der Waals surface area contributed by atoms with E-state index in [1.54, 1.807) is 42.6 Å². The molecule has 0 saturated carbocycles. The monoisotopic (exact) mass is 595 g/mol. The summed E-state index contributed by atoms with van der Waals surface area (Å²) in [5.74, 6) is 1.66. The number of amides is 1. The highest BCUT2D eigenvalue weighted by atomic mass is 35.5. The molecule has 41 heavy (non-hydrogen) atoms. The summed E-state index contributed by atoms with van der Waals surface area (Å²) in [7, 11) is 1.62. The fourth-order valence-electron chi connectivity index (χ4n) is 5.49. The number of H-pyrrole nitrogens is 1. The Morgan fingerprint density at radius 1 is 1.17 bits per heavy atom. The van der Waals surface area contributed by atoms with E-state index >= 15 is 0 Å². The number of ether oxygens (including phenoxy) is 3. The molecule has 1 aliphatic carbocycles. The fourth-order valence-corrected chi connectivity index (χ4v) is 5.83. The van der Waals surface area contributed by atoms with Crippen molar-refractivity contribution in [3.63, 3.8) is 0 Å². The third-order valence-electron chi connectivity index (χ3n) is 7.44. The van der Waals surface area contributed by atoms with E-state index in [2.05, 4.69) is 27.6 Å². The molecule has 9 nitrogen and oxygen atoms in total. The molecule has 3 aromatic rings. The van der Waals surface area contributed by atoms with E-state index in [4.69, 9.17) is 37.4 Å². The van der Waals surface area contributed by atoms with Crippen molar-refractivity contribution in [3.8, 4) is 17.2 Å². The number of fused-ring (bicyclic) bond motifs is 3. The van der Waals surface area contributed by atoms with Gasteiger partial charge in [-0.3, -0.25) is 14.9 Å². The summed E-state index contributed by atoms with van der Waals surface area (Å²) in [6.07, 6.45) is 7.78. The van der Waals surface area contributed by atoms with Gasteiger partial charge in [-0.2, -0.15) is 0 Å². The highest BCUT2D eigenvalue weighted by molar-refractivity contribution is 6.30. The summed E-state index contributed by atoms with van der Waals surface area (Å²) in [6, 6.07) is 12.1. The van der Waals surface area contributed by atoms with Gasteiger partial charge in [-0.1, -0.05) is 29.8 Å². The van der Waals surface area contributed by atoms with Gasteiger partial charge in [0.25, 0.3) is 0 Å². The van der Waals surface area contributed by atoms with Crippen LogP contribution >= 0.6 is 23.2 Å². The second-order valence-electron chi connectivity index (χ2n) is 10.1. The zero-order chi connectivity index (χ0) is 28.3. The maximum absolute atomic E-state index is 13.6. The number of hydrogen-bond acceptors (Lipinski definition) is 7. The molecule has 6 rings (SSSR count). The summed E-state index contributed by atoms with van der Waals surface area (Å²) < 4.78 is 17.6. The molecule has 3 heterocycles. The normalized spacial score (nSPS) is 19.2. The first-order chi connectivity index (χ1) is 20.0. The summed E-state index contributed by atoms with van der Waals surface area (Å²) in [6.45, 7) is 2.33. The van der Waals surface area contributed by atoms with Gasteiger partial charge in [-0.25, -0.2) is 10.2 Å². The van der Waals surface area contributed by atoms with Crippen molar-refractivity contribution in [2.75, 3.05) is 33.5 Å². The average Bonchev–Trinajstić information content (AvgIpc) is 3.63. The molecule has 1 aromatic heterocycles. The zero-order valence-electron chi connectivity index (χ0n) is 22.6. The lowest BCUT2D eigenvalue weighted by Gasteiger charge is -2.35. The van der Waals surface area contributed by atoms with Gasteiger partial charge in [0.2, 0.25) is 0 Å². The first-order valence-corrected chi connectivity index (χ1v) is 14.4. The Bertz CT molecular complexity index is 1570. The van der Waals surface area contributed by atoms with Crippen LogP contribution in [0.25, 0.3) is 12.2 Å². The molecule has 0 saturated heterocycles. The SMILES string of the molecule is COc1ccc(C2c3[nH]c4c(c3CCN2C(=O)Oc2ccc(Cl)cc2)=CC(Cl)CC=4)cc1OCCCN1C=NCN1. The molecule has 0 spiro atoms. The molecule has 2 atom stereocenters. The maximum atomic E-state index is 13.6. The molecular weight excluding hydrogens is 565 g/mol. The number of aromatic amines is 1. The predicted molar refractivity (Wildman–Crippen MR) is 159 cm³/mol. The van der Waals surface area contributed by atoms with Crippen molar-refractivity contribution in [3.05, 3.63) is 74.9 Å². The molecule has 0 radical (unpaired) electrons. The van der Waals surface area contributed by atoms with Crippen molar-refractivity contribution in [1.29, 1.82) is 0 Å². The standard InChI is InChI=1S/C30H31Cl2N5O4/c1-39-26-10-3-19(15-27(26)40-14-2-12-36-18-33-17-34-36)29-28-23(24-16-21(32)6-9-25(24)35-28)11-13-37(29)30(38)41-22-7-4-20(31)5-8-22/h3-5,7-10,15-16,18,21,29,34-35H,2,6,11-14,17H2,1H3. The van der Waals surface area contributed by atoms with Crippen LogP contribution in [0.5, 0.6) is 17.2 Å². The first kappa shape index (κ1) is 27.5. The van der Waals surface area contributed by atoms with Gasteiger partial charge in [0.05, 0.1) is 19.1 Å². The first-order valence-electron chi connectivity index (χ1n) is 13.6. The Morgan fingerprint density at radius 2 is 2.02 bits per heavy atom. The van der Waals surface area contributed by atoms with Crippen LogP contribution in [0.2, 0.25) is 5.02 Å². The Kier molecular flexibility index (Phi) is 8.09. The Morgan fingerprint density at radius 3 is 2.80 bits per heavy atom. The molecule has 2 unspecified atom stereocenters. The summed E-state index contributed by atoms with van der Waals surface area (Å²) in [4.78, 5) is 23.1. The Labute approximate surface area is 248 Å². The van der Waals surface area contributed by atoms with Crippen LogP contribution in [0.1, 0.15) is 35.7 Å². The van der Waals surface area contributed by atoms with E-state index in [9.17, 15) is 4.79 Å². The number of methoxy groups -OCH3 is 1. The lowest BCUT2D eigenvalue weighted by molar-refractivity contribution is 0.135. The number of carbonyl (C=O) groups excluding carboxylic acids is 1. The summed E-state index contributed by atoms with van der Waals surface area (Å²) in [5, 5.41) is 4.61. The topological polar surface area (TPSA) is 91.4 Å². The largest absolute Gasteiger partial charge is 0.493 e. The highest BCUT2D eigenvalue weighted by Crippen LogP contribution is 2.38. The molecule has 0 bridgehead atoms. The van der Waals surface area contributed by atoms with E-state index in [0.29, 0.717) is 48.5 Å². The van der Waals surface area contributed by atoms with Crippen LogP contribution in [-0.2, 0) is 6.42 Å².